The molecule has 1 atom stereocenters. The van der Waals surface area contributed by atoms with Gasteiger partial charge in [-0.05, 0) is 25.0 Å². The number of nitro groups is 1. The van der Waals surface area contributed by atoms with Crippen molar-refractivity contribution < 1.29 is 10.0 Å². The predicted molar refractivity (Wildman–Crippen MR) is 75.3 cm³/mol. The van der Waals surface area contributed by atoms with Crippen molar-refractivity contribution in [3.63, 3.8) is 0 Å². The van der Waals surface area contributed by atoms with Crippen molar-refractivity contribution >= 4 is 17.3 Å². The van der Waals surface area contributed by atoms with Crippen LogP contribution >= 0.6 is 11.6 Å². The third-order valence-corrected chi connectivity index (χ3v) is 3.47. The number of benzene rings is 1. The number of halogens is 1. The molecule has 6 heteroatoms. The van der Waals surface area contributed by atoms with Crippen LogP contribution in [0, 0.1) is 10.1 Å². The summed E-state index contributed by atoms with van der Waals surface area (Å²) in [5.74, 6) is 0. The fraction of sp³-hybridized carbons (Fsp3) is 0.538. The summed E-state index contributed by atoms with van der Waals surface area (Å²) < 4.78 is 0. The zero-order valence-electron chi connectivity index (χ0n) is 11.1. The first kappa shape index (κ1) is 15.9. The molecule has 1 rings (SSSR count). The largest absolute Gasteiger partial charge is 0.394 e. The van der Waals surface area contributed by atoms with Crippen molar-refractivity contribution in [1.82, 2.24) is 5.32 Å². The summed E-state index contributed by atoms with van der Waals surface area (Å²) in [7, 11) is 0. The Labute approximate surface area is 117 Å². The average Bonchev–Trinajstić information content (AvgIpc) is 2.38. The zero-order chi connectivity index (χ0) is 14.5. The van der Waals surface area contributed by atoms with E-state index in [-0.39, 0.29) is 12.3 Å². The van der Waals surface area contributed by atoms with Gasteiger partial charge >= 0.3 is 0 Å². The van der Waals surface area contributed by atoms with Crippen LogP contribution in [0.3, 0.4) is 0 Å². The Bertz CT molecular complexity index is 454. The summed E-state index contributed by atoms with van der Waals surface area (Å²) >= 11 is 6.02. The molecule has 2 N–H and O–H groups in total. The van der Waals surface area contributed by atoms with E-state index >= 15 is 0 Å². The number of aliphatic hydroxyl groups excluding tert-OH is 1. The van der Waals surface area contributed by atoms with Crippen LogP contribution in [0.25, 0.3) is 0 Å². The molecule has 0 aliphatic rings. The number of non-ortho nitro benzene ring substituents is 1. The van der Waals surface area contributed by atoms with Crippen LogP contribution in [0.4, 0.5) is 5.69 Å². The molecule has 0 aromatic heterocycles. The number of hydrogen-bond donors (Lipinski definition) is 2. The Hall–Kier alpha value is -1.17. The van der Waals surface area contributed by atoms with E-state index in [2.05, 4.69) is 5.32 Å². The number of nitrogens with one attached hydrogen (secondary N) is 1. The van der Waals surface area contributed by atoms with Gasteiger partial charge in [-0.3, -0.25) is 10.1 Å². The van der Waals surface area contributed by atoms with Crippen molar-refractivity contribution in [2.45, 2.75) is 38.8 Å². The van der Waals surface area contributed by atoms with E-state index in [1.54, 1.807) is 0 Å². The molecule has 0 amide bonds. The molecular weight excluding hydrogens is 268 g/mol. The van der Waals surface area contributed by atoms with E-state index < -0.39 is 10.5 Å². The summed E-state index contributed by atoms with van der Waals surface area (Å²) in [5, 5.41) is 23.8. The third kappa shape index (κ3) is 4.45. The van der Waals surface area contributed by atoms with E-state index in [1.807, 2.05) is 13.8 Å². The lowest BCUT2D eigenvalue weighted by Crippen LogP contribution is -2.45. The van der Waals surface area contributed by atoms with Crippen molar-refractivity contribution in [3.8, 4) is 0 Å². The van der Waals surface area contributed by atoms with E-state index in [0.717, 1.165) is 12.8 Å². The molecule has 1 aromatic rings. The number of aliphatic hydroxyl groups is 1. The summed E-state index contributed by atoms with van der Waals surface area (Å²) in [4.78, 5) is 10.3. The van der Waals surface area contributed by atoms with Crippen LogP contribution in [0.15, 0.2) is 18.2 Å². The summed E-state index contributed by atoms with van der Waals surface area (Å²) in [6.45, 7) is 4.35. The Morgan fingerprint density at radius 1 is 1.53 bits per heavy atom. The Morgan fingerprint density at radius 3 is 2.74 bits per heavy atom. The quantitative estimate of drug-likeness (QED) is 0.597. The van der Waals surface area contributed by atoms with Gasteiger partial charge < -0.3 is 10.4 Å². The first-order valence-electron chi connectivity index (χ1n) is 6.20. The SMILES string of the molecule is CCCC(C)(CO)NCc1cc([N+](=O)[O-])ccc1Cl. The molecule has 106 valence electrons. The average molecular weight is 287 g/mol. The summed E-state index contributed by atoms with van der Waals surface area (Å²) in [6, 6.07) is 4.36. The molecule has 0 saturated heterocycles. The first-order valence-corrected chi connectivity index (χ1v) is 6.58. The first-order chi connectivity index (χ1) is 8.91. The fourth-order valence-corrected chi connectivity index (χ4v) is 2.08. The minimum absolute atomic E-state index is 0.00733. The maximum Gasteiger partial charge on any atom is 0.269 e. The molecule has 19 heavy (non-hydrogen) atoms. The fourth-order valence-electron chi connectivity index (χ4n) is 1.89. The molecule has 1 unspecified atom stereocenters. The lowest BCUT2D eigenvalue weighted by atomic mass is 9.97. The van der Waals surface area contributed by atoms with E-state index in [0.29, 0.717) is 17.1 Å². The second-order valence-corrected chi connectivity index (χ2v) is 5.26. The van der Waals surface area contributed by atoms with Gasteiger partial charge in [0.05, 0.1) is 11.5 Å². The number of rotatable bonds is 7. The van der Waals surface area contributed by atoms with E-state index in [1.165, 1.54) is 18.2 Å². The minimum atomic E-state index is -0.447. The third-order valence-electron chi connectivity index (χ3n) is 3.10. The van der Waals surface area contributed by atoms with Crippen LogP contribution in [-0.2, 0) is 6.54 Å². The van der Waals surface area contributed by atoms with Gasteiger partial charge in [-0.2, -0.15) is 0 Å². The Morgan fingerprint density at radius 2 is 2.21 bits per heavy atom. The minimum Gasteiger partial charge on any atom is -0.394 e. The number of nitrogens with zero attached hydrogens (tertiary/aromatic N) is 1. The van der Waals surface area contributed by atoms with Crippen LogP contribution < -0.4 is 5.32 Å². The smallest absolute Gasteiger partial charge is 0.269 e. The van der Waals surface area contributed by atoms with Crippen LogP contribution in [-0.4, -0.2) is 22.2 Å². The molecule has 0 saturated carbocycles. The van der Waals surface area contributed by atoms with Gasteiger partial charge in [0.15, 0.2) is 0 Å². The van der Waals surface area contributed by atoms with Gasteiger partial charge in [0.2, 0.25) is 0 Å². The molecule has 1 aromatic carbocycles. The molecule has 0 bridgehead atoms. The highest BCUT2D eigenvalue weighted by molar-refractivity contribution is 6.31. The maximum atomic E-state index is 10.7. The lowest BCUT2D eigenvalue weighted by molar-refractivity contribution is -0.384. The molecule has 0 aliphatic carbocycles. The van der Waals surface area contributed by atoms with Crippen LogP contribution in [0.5, 0.6) is 0 Å². The van der Waals surface area contributed by atoms with E-state index in [9.17, 15) is 15.2 Å². The van der Waals surface area contributed by atoms with Gasteiger partial charge in [0.25, 0.3) is 5.69 Å². The van der Waals surface area contributed by atoms with Crippen LogP contribution in [0.1, 0.15) is 32.3 Å². The number of hydrogen-bond acceptors (Lipinski definition) is 4. The molecule has 0 aliphatic heterocycles. The maximum absolute atomic E-state index is 10.7. The van der Waals surface area contributed by atoms with Crippen LogP contribution in [0.2, 0.25) is 5.02 Å². The molecule has 0 fully saturated rings. The molecule has 0 heterocycles. The Balaban J connectivity index is 2.81. The second kappa shape index (κ2) is 6.84. The van der Waals surface area contributed by atoms with Gasteiger partial charge in [-0.1, -0.05) is 24.9 Å². The van der Waals surface area contributed by atoms with Gasteiger partial charge in [0.1, 0.15) is 0 Å². The lowest BCUT2D eigenvalue weighted by Gasteiger charge is -2.28. The highest BCUT2D eigenvalue weighted by Gasteiger charge is 2.22. The molecule has 5 nitrogen and oxygen atoms in total. The number of nitro benzene ring substituents is 1. The molecule has 0 radical (unpaired) electrons. The van der Waals surface area contributed by atoms with Crippen molar-refractivity contribution in [3.05, 3.63) is 38.9 Å². The van der Waals surface area contributed by atoms with Gasteiger partial charge in [0, 0.05) is 29.2 Å². The predicted octanol–water partition coefficient (Wildman–Crippen LogP) is 2.89. The van der Waals surface area contributed by atoms with E-state index in [4.69, 9.17) is 11.6 Å². The van der Waals surface area contributed by atoms with Gasteiger partial charge in [-0.15, -0.1) is 0 Å². The van der Waals surface area contributed by atoms with Crippen molar-refractivity contribution in [2.24, 2.45) is 0 Å². The normalized spacial score (nSPS) is 14.1. The Kier molecular flexibility index (Phi) is 5.72. The monoisotopic (exact) mass is 286 g/mol. The van der Waals surface area contributed by atoms with Gasteiger partial charge in [-0.25, -0.2) is 0 Å². The van der Waals surface area contributed by atoms with Crippen molar-refractivity contribution in [1.29, 1.82) is 0 Å². The molecular formula is C13H19ClN2O3. The summed E-state index contributed by atoms with van der Waals surface area (Å²) in [6.07, 6.45) is 1.75. The summed E-state index contributed by atoms with van der Waals surface area (Å²) in [5.41, 5.74) is 0.275. The molecule has 0 spiro atoms. The highest BCUT2D eigenvalue weighted by Crippen LogP contribution is 2.23. The second-order valence-electron chi connectivity index (χ2n) is 4.86. The van der Waals surface area contributed by atoms with Crippen molar-refractivity contribution in [2.75, 3.05) is 6.61 Å². The topological polar surface area (TPSA) is 75.4 Å². The standard InChI is InChI=1S/C13H19ClN2O3/c1-3-6-13(2,9-17)15-8-10-7-11(16(18)19)4-5-12(10)14/h4-5,7,15,17H,3,6,8-9H2,1-2H3. The zero-order valence-corrected chi connectivity index (χ0v) is 11.9. The highest BCUT2D eigenvalue weighted by atomic mass is 35.5.